The summed E-state index contributed by atoms with van der Waals surface area (Å²) in [6.07, 6.45) is 3.99. The number of fused-ring (bicyclic) bond motifs is 11. The van der Waals surface area contributed by atoms with E-state index in [2.05, 4.69) is 17.6 Å². The quantitative estimate of drug-likeness (QED) is 0.0988. The van der Waals surface area contributed by atoms with Gasteiger partial charge in [-0.2, -0.15) is 0 Å². The number of hydrogen-bond donors (Lipinski definition) is 6. The van der Waals surface area contributed by atoms with E-state index >= 15 is 0 Å². The van der Waals surface area contributed by atoms with Crippen LogP contribution in [-0.2, 0) is 15.1 Å². The molecule has 266 valence electrons. The minimum absolute atomic E-state index is 0.0262. The average molecular weight is 719 g/mol. The van der Waals surface area contributed by atoms with Gasteiger partial charge in [-0.3, -0.25) is 4.79 Å². The normalized spacial score (nSPS) is 27.1. The van der Waals surface area contributed by atoms with Crippen molar-refractivity contribution >= 4 is 34.8 Å². The molecule has 2 fully saturated rings. The summed E-state index contributed by atoms with van der Waals surface area (Å²) >= 11 is 5.62. The lowest BCUT2D eigenvalue weighted by Crippen LogP contribution is -2.46. The van der Waals surface area contributed by atoms with E-state index < -0.39 is 17.5 Å². The third-order valence-corrected chi connectivity index (χ3v) is 12.8. The van der Waals surface area contributed by atoms with Crippen molar-refractivity contribution in [2.75, 3.05) is 11.9 Å². The van der Waals surface area contributed by atoms with Gasteiger partial charge in [-0.25, -0.2) is 4.79 Å². The second kappa shape index (κ2) is 11.7. The number of esters is 1. The second-order valence-corrected chi connectivity index (χ2v) is 15.6. The lowest BCUT2D eigenvalue weighted by atomic mass is 9.53. The molecule has 1 spiro atoms. The van der Waals surface area contributed by atoms with E-state index in [1.165, 1.54) is 24.3 Å². The Labute approximate surface area is 305 Å². The highest BCUT2D eigenvalue weighted by Gasteiger charge is 2.56. The van der Waals surface area contributed by atoms with Gasteiger partial charge >= 0.3 is 5.97 Å². The molecule has 9 rings (SSSR count). The maximum atomic E-state index is 14.0. The highest BCUT2D eigenvalue weighted by Crippen LogP contribution is 2.63. The molecule has 4 aromatic rings. The highest BCUT2D eigenvalue weighted by molar-refractivity contribution is 7.80. The number of benzene rings is 4. The standard InChI is InChI=1S/C41H38N2O8S/c1-40-13-12-25-24-6-3-21(44)15-26(24)28(18-27(25)30(40)10-11-37(40)48)34(47)19-42-39(52)43-20-2-7-31-29(14-20)38(49)51-41(31)32-8-4-22(45)16-35(32)50-36-17-23(46)5-9-33(36)41/h2-9,14-17,25,27-28,30,37,44-46,48H,10-13,18-19H2,1H3,(H2,42,43,52)/t25-,27-,28+,30+,37+,40+/m1/s1. The van der Waals surface area contributed by atoms with Crippen LogP contribution in [0.2, 0.25) is 0 Å². The number of aliphatic hydroxyl groups is 1. The van der Waals surface area contributed by atoms with Gasteiger partial charge < -0.3 is 40.5 Å². The van der Waals surface area contributed by atoms with Crippen LogP contribution >= 0.6 is 12.2 Å². The summed E-state index contributed by atoms with van der Waals surface area (Å²) in [5.74, 6) is 0.551. The number of aliphatic hydroxyl groups excluding tert-OH is 1. The van der Waals surface area contributed by atoms with Crippen molar-refractivity contribution in [1.29, 1.82) is 0 Å². The van der Waals surface area contributed by atoms with Crippen LogP contribution in [0.4, 0.5) is 5.69 Å². The zero-order chi connectivity index (χ0) is 36.1. The monoisotopic (exact) mass is 718 g/mol. The fourth-order valence-corrected chi connectivity index (χ4v) is 10.3. The molecule has 0 aromatic heterocycles. The lowest BCUT2D eigenvalue weighted by Gasteiger charge is -2.51. The van der Waals surface area contributed by atoms with Gasteiger partial charge in [-0.05, 0) is 127 Å². The summed E-state index contributed by atoms with van der Waals surface area (Å²) in [7, 11) is 0. The first-order valence-corrected chi connectivity index (χ1v) is 18.2. The lowest BCUT2D eigenvalue weighted by molar-refractivity contribution is -0.120. The van der Waals surface area contributed by atoms with Crippen LogP contribution < -0.4 is 15.4 Å². The van der Waals surface area contributed by atoms with Gasteiger partial charge in [-0.1, -0.05) is 19.1 Å². The van der Waals surface area contributed by atoms with E-state index in [9.17, 15) is 30.0 Å². The fourth-order valence-electron chi connectivity index (χ4n) is 10.1. The Bertz CT molecular complexity index is 2150. The van der Waals surface area contributed by atoms with E-state index in [4.69, 9.17) is 21.7 Å². The molecule has 3 aliphatic carbocycles. The summed E-state index contributed by atoms with van der Waals surface area (Å²) < 4.78 is 12.2. The number of nitrogens with one attached hydrogen (secondary N) is 2. The van der Waals surface area contributed by atoms with Crippen molar-refractivity contribution in [3.05, 3.63) is 106 Å². The number of carbonyl (C=O) groups excluding carboxylic acids is 2. The van der Waals surface area contributed by atoms with Crippen molar-refractivity contribution in [2.45, 2.75) is 62.6 Å². The zero-order valence-corrected chi connectivity index (χ0v) is 29.2. The molecule has 2 saturated carbocycles. The van der Waals surface area contributed by atoms with E-state index in [-0.39, 0.29) is 52.1 Å². The average Bonchev–Trinajstić information content (AvgIpc) is 3.58. The molecule has 4 aromatic carbocycles. The van der Waals surface area contributed by atoms with Gasteiger partial charge in [-0.15, -0.1) is 0 Å². The molecule has 0 unspecified atom stereocenters. The number of rotatable bonds is 4. The topological polar surface area (TPSA) is 158 Å². The van der Waals surface area contributed by atoms with E-state index in [0.29, 0.717) is 57.7 Å². The summed E-state index contributed by atoms with van der Waals surface area (Å²) in [6.45, 7) is 2.18. The molecular formula is C41H38N2O8S. The Hall–Kier alpha value is -5.13. The third-order valence-electron chi connectivity index (χ3n) is 12.6. The highest BCUT2D eigenvalue weighted by atomic mass is 32.1. The van der Waals surface area contributed by atoms with Crippen molar-refractivity contribution in [2.24, 2.45) is 17.3 Å². The summed E-state index contributed by atoms with van der Waals surface area (Å²) in [5.41, 5.74) is 2.91. The predicted molar refractivity (Wildman–Crippen MR) is 195 cm³/mol. The van der Waals surface area contributed by atoms with E-state index in [0.717, 1.165) is 36.8 Å². The van der Waals surface area contributed by atoms with Gasteiger partial charge in [0.2, 0.25) is 0 Å². The molecule has 10 nitrogen and oxygen atoms in total. The number of phenolic OH excluding ortho intramolecular Hbond substituents is 3. The number of phenols is 3. The van der Waals surface area contributed by atoms with Crippen LogP contribution in [0.15, 0.2) is 72.8 Å². The van der Waals surface area contributed by atoms with Crippen molar-refractivity contribution in [3.63, 3.8) is 0 Å². The molecule has 11 heteroatoms. The Morgan fingerprint density at radius 1 is 0.865 bits per heavy atom. The number of carbonyl (C=O) groups is 2. The molecule has 5 aliphatic rings. The Morgan fingerprint density at radius 3 is 2.27 bits per heavy atom. The smallest absolute Gasteiger partial charge is 0.340 e. The predicted octanol–water partition coefficient (Wildman–Crippen LogP) is 6.69. The summed E-state index contributed by atoms with van der Waals surface area (Å²) in [6, 6.07) is 19.8. The van der Waals surface area contributed by atoms with Gasteiger partial charge in [0.15, 0.2) is 16.5 Å². The van der Waals surface area contributed by atoms with Gasteiger partial charge in [0.25, 0.3) is 0 Å². The molecule has 6 atom stereocenters. The van der Waals surface area contributed by atoms with E-state index in [1.807, 2.05) is 6.07 Å². The van der Waals surface area contributed by atoms with E-state index in [1.54, 1.807) is 42.5 Å². The maximum Gasteiger partial charge on any atom is 0.340 e. The number of ketones is 1. The summed E-state index contributed by atoms with van der Waals surface area (Å²) in [4.78, 5) is 27.5. The Balaban J connectivity index is 0.949. The van der Waals surface area contributed by atoms with Crippen LogP contribution in [0.5, 0.6) is 28.7 Å². The number of aromatic hydroxyl groups is 3. The van der Waals surface area contributed by atoms with Crippen LogP contribution in [0.25, 0.3) is 0 Å². The van der Waals surface area contributed by atoms with Gasteiger partial charge in [0, 0.05) is 40.4 Å². The SMILES string of the molecule is C[C@]12CC[C@@H]3c4ccc(O)cc4[C@@H](C(=O)CNC(=S)Nc4ccc5c(c4)C(=O)OC54c5ccc(O)cc5Oc5cc(O)ccc54)C[C@H]3[C@@H]1CC[C@@H]2O. The fraction of sp³-hybridized carbons (Fsp3) is 0.341. The molecule has 0 radical (unpaired) electrons. The number of anilines is 1. The van der Waals surface area contributed by atoms with Gasteiger partial charge in [0.05, 0.1) is 18.2 Å². The minimum Gasteiger partial charge on any atom is -0.508 e. The van der Waals surface area contributed by atoms with Crippen LogP contribution in [0.1, 0.15) is 89.0 Å². The zero-order valence-electron chi connectivity index (χ0n) is 28.4. The maximum absolute atomic E-state index is 14.0. The molecule has 2 aliphatic heterocycles. The number of thiocarbonyl (C=S) groups is 1. The molecule has 0 amide bonds. The first-order chi connectivity index (χ1) is 25.0. The number of Topliss-reactive ketones (excluding diaryl/α,β-unsaturated/α-hetero) is 1. The van der Waals surface area contributed by atoms with Crippen molar-refractivity contribution < 1.29 is 39.5 Å². The van der Waals surface area contributed by atoms with Gasteiger partial charge in [0.1, 0.15) is 28.7 Å². The second-order valence-electron chi connectivity index (χ2n) is 15.2. The Kier molecular flexibility index (Phi) is 7.37. The molecule has 6 N–H and O–H groups in total. The largest absolute Gasteiger partial charge is 0.508 e. The van der Waals surface area contributed by atoms with Crippen molar-refractivity contribution in [3.8, 4) is 28.7 Å². The molecule has 2 heterocycles. The number of hydrogen-bond acceptors (Lipinski definition) is 9. The molecular weight excluding hydrogens is 681 g/mol. The van der Waals surface area contributed by atoms with Crippen LogP contribution in [0, 0.1) is 17.3 Å². The summed E-state index contributed by atoms with van der Waals surface area (Å²) in [5, 5.41) is 48.1. The molecule has 52 heavy (non-hydrogen) atoms. The minimum atomic E-state index is -1.38. The third kappa shape index (κ3) is 4.82. The van der Waals surface area contributed by atoms with Crippen molar-refractivity contribution in [1.82, 2.24) is 5.32 Å². The number of ether oxygens (including phenoxy) is 2. The first kappa shape index (κ1) is 32.8. The van der Waals surface area contributed by atoms with Crippen LogP contribution in [-0.4, -0.2) is 49.9 Å². The first-order valence-electron chi connectivity index (χ1n) is 17.8. The Morgan fingerprint density at radius 2 is 1.54 bits per heavy atom. The molecule has 0 bridgehead atoms. The van der Waals surface area contributed by atoms with Crippen LogP contribution in [0.3, 0.4) is 0 Å². The molecule has 0 saturated heterocycles.